The van der Waals surface area contributed by atoms with Gasteiger partial charge in [0.15, 0.2) is 5.96 Å². The zero-order valence-electron chi connectivity index (χ0n) is 19.3. The first kappa shape index (κ1) is 26.7. The highest BCUT2D eigenvalue weighted by atomic mass is 127. The van der Waals surface area contributed by atoms with E-state index in [9.17, 15) is 4.79 Å². The molecule has 1 unspecified atom stereocenters. The third-order valence-electron chi connectivity index (χ3n) is 6.07. The number of carbonyl (C=O) groups is 1. The average Bonchev–Trinajstić information content (AvgIpc) is 2.76. The van der Waals surface area contributed by atoms with Gasteiger partial charge in [0.25, 0.3) is 0 Å². The molecule has 0 aliphatic carbocycles. The fraction of sp³-hybridized carbons (Fsp3) is 0.652. The van der Waals surface area contributed by atoms with E-state index in [1.807, 2.05) is 4.90 Å². The average molecular weight is 530 g/mol. The van der Waals surface area contributed by atoms with Gasteiger partial charge in [-0.15, -0.1) is 24.0 Å². The maximum atomic E-state index is 11.6. The van der Waals surface area contributed by atoms with Crippen molar-refractivity contribution in [2.45, 2.75) is 59.0 Å². The van der Waals surface area contributed by atoms with Crippen molar-refractivity contribution in [2.75, 3.05) is 39.3 Å². The number of amides is 1. The minimum Gasteiger partial charge on any atom is -0.357 e. The Labute approximate surface area is 199 Å². The smallest absolute Gasteiger partial charge is 0.219 e. The van der Waals surface area contributed by atoms with E-state index < -0.39 is 0 Å². The minimum absolute atomic E-state index is 0. The maximum absolute atomic E-state index is 11.6. The SMILES string of the molecule is CCNC(=NCC(CC)(CC)NC(C)c1ccccc1)N1CCN(C(C)=O)CC1.I. The lowest BCUT2D eigenvalue weighted by Crippen LogP contribution is -2.54. The summed E-state index contributed by atoms with van der Waals surface area (Å²) in [5.41, 5.74) is 1.26. The second-order valence-corrected chi connectivity index (χ2v) is 7.93. The molecular formula is C23H40IN5O. The van der Waals surface area contributed by atoms with Crippen LogP contribution >= 0.6 is 24.0 Å². The molecule has 2 rings (SSSR count). The molecule has 0 aromatic heterocycles. The van der Waals surface area contributed by atoms with E-state index >= 15 is 0 Å². The Morgan fingerprint density at radius 3 is 2.13 bits per heavy atom. The summed E-state index contributed by atoms with van der Waals surface area (Å²) >= 11 is 0. The van der Waals surface area contributed by atoms with Crippen LogP contribution in [0.5, 0.6) is 0 Å². The molecule has 6 nitrogen and oxygen atoms in total. The van der Waals surface area contributed by atoms with E-state index in [1.165, 1.54) is 5.56 Å². The van der Waals surface area contributed by atoms with E-state index in [0.29, 0.717) is 0 Å². The number of rotatable bonds is 8. The van der Waals surface area contributed by atoms with Crippen LogP contribution in [0.25, 0.3) is 0 Å². The number of aliphatic imine (C=N–C) groups is 1. The van der Waals surface area contributed by atoms with Gasteiger partial charge in [-0.05, 0) is 32.3 Å². The Bertz CT molecular complexity index is 655. The molecule has 0 saturated carbocycles. The number of hydrogen-bond donors (Lipinski definition) is 2. The normalized spacial score (nSPS) is 16.1. The van der Waals surface area contributed by atoms with Gasteiger partial charge in [0, 0.05) is 51.2 Å². The highest BCUT2D eigenvalue weighted by Crippen LogP contribution is 2.22. The number of halogens is 1. The third kappa shape index (κ3) is 7.41. The Kier molecular flexibility index (Phi) is 11.7. The number of carbonyl (C=O) groups excluding carboxylic acids is 1. The number of nitrogens with one attached hydrogen (secondary N) is 2. The molecule has 1 aliphatic rings. The molecule has 0 radical (unpaired) electrons. The number of hydrogen-bond acceptors (Lipinski definition) is 3. The van der Waals surface area contributed by atoms with E-state index in [0.717, 1.165) is 58.1 Å². The molecule has 30 heavy (non-hydrogen) atoms. The van der Waals surface area contributed by atoms with Gasteiger partial charge < -0.3 is 20.4 Å². The molecule has 1 saturated heterocycles. The summed E-state index contributed by atoms with van der Waals surface area (Å²) in [5.74, 6) is 1.11. The number of nitrogens with zero attached hydrogens (tertiary/aromatic N) is 3. The zero-order chi connectivity index (χ0) is 21.3. The molecule has 0 spiro atoms. The lowest BCUT2D eigenvalue weighted by Gasteiger charge is -2.38. The Balaban J connectivity index is 0.00000450. The first-order chi connectivity index (χ1) is 13.9. The molecule has 1 aromatic carbocycles. The number of benzene rings is 1. The molecule has 1 amide bonds. The molecule has 7 heteroatoms. The lowest BCUT2D eigenvalue weighted by molar-refractivity contribution is -0.130. The summed E-state index contributed by atoms with van der Waals surface area (Å²) in [7, 11) is 0. The predicted molar refractivity (Wildman–Crippen MR) is 137 cm³/mol. The number of guanidine groups is 1. The molecule has 0 bridgehead atoms. The fourth-order valence-electron chi connectivity index (χ4n) is 3.89. The van der Waals surface area contributed by atoms with Gasteiger partial charge in [-0.1, -0.05) is 44.2 Å². The first-order valence-corrected chi connectivity index (χ1v) is 11.1. The van der Waals surface area contributed by atoms with Gasteiger partial charge in [-0.2, -0.15) is 0 Å². The van der Waals surface area contributed by atoms with Gasteiger partial charge in [0.1, 0.15) is 0 Å². The van der Waals surface area contributed by atoms with Crippen molar-refractivity contribution in [3.63, 3.8) is 0 Å². The molecule has 1 fully saturated rings. The molecular weight excluding hydrogens is 489 g/mol. The maximum Gasteiger partial charge on any atom is 0.219 e. The van der Waals surface area contributed by atoms with E-state index in [2.05, 4.69) is 73.6 Å². The molecule has 170 valence electrons. The van der Waals surface area contributed by atoms with Crippen molar-refractivity contribution in [1.29, 1.82) is 0 Å². The summed E-state index contributed by atoms with van der Waals surface area (Å²) in [6, 6.07) is 10.9. The summed E-state index contributed by atoms with van der Waals surface area (Å²) in [5, 5.41) is 7.31. The van der Waals surface area contributed by atoms with Crippen molar-refractivity contribution in [2.24, 2.45) is 4.99 Å². The molecule has 1 heterocycles. The van der Waals surface area contributed by atoms with Crippen LogP contribution in [0.1, 0.15) is 59.1 Å². The van der Waals surface area contributed by atoms with E-state index in [1.54, 1.807) is 6.92 Å². The predicted octanol–water partition coefficient (Wildman–Crippen LogP) is 3.64. The van der Waals surface area contributed by atoms with E-state index in [-0.39, 0.29) is 41.5 Å². The topological polar surface area (TPSA) is 60.0 Å². The lowest BCUT2D eigenvalue weighted by atomic mass is 9.90. The molecule has 1 aliphatic heterocycles. The van der Waals surface area contributed by atoms with Gasteiger partial charge in [-0.3, -0.25) is 9.79 Å². The van der Waals surface area contributed by atoms with Gasteiger partial charge in [0.2, 0.25) is 5.91 Å². The van der Waals surface area contributed by atoms with Gasteiger partial charge in [0.05, 0.1) is 6.54 Å². The molecule has 1 atom stereocenters. The monoisotopic (exact) mass is 529 g/mol. The molecule has 1 aromatic rings. The quantitative estimate of drug-likeness (QED) is 0.307. The van der Waals surface area contributed by atoms with Gasteiger partial charge >= 0.3 is 0 Å². The van der Waals surface area contributed by atoms with Crippen LogP contribution in [0.3, 0.4) is 0 Å². The summed E-state index contributed by atoms with van der Waals surface area (Å²) in [6.45, 7) is 15.2. The van der Waals surface area contributed by atoms with E-state index in [4.69, 9.17) is 4.99 Å². The highest BCUT2D eigenvalue weighted by Gasteiger charge is 2.29. The van der Waals surface area contributed by atoms with Crippen molar-refractivity contribution >= 4 is 35.8 Å². The summed E-state index contributed by atoms with van der Waals surface area (Å²) < 4.78 is 0. The van der Waals surface area contributed by atoms with Crippen LogP contribution < -0.4 is 10.6 Å². The fourth-order valence-corrected chi connectivity index (χ4v) is 3.89. The van der Waals surface area contributed by atoms with Crippen LogP contribution in [-0.2, 0) is 4.79 Å². The van der Waals surface area contributed by atoms with Crippen molar-refractivity contribution in [3.8, 4) is 0 Å². The second-order valence-electron chi connectivity index (χ2n) is 7.93. The minimum atomic E-state index is -0.0445. The Hall–Kier alpha value is -1.35. The van der Waals surface area contributed by atoms with Crippen LogP contribution in [0, 0.1) is 0 Å². The van der Waals surface area contributed by atoms with Crippen molar-refractivity contribution in [3.05, 3.63) is 35.9 Å². The molecule has 2 N–H and O–H groups in total. The Morgan fingerprint density at radius 2 is 1.63 bits per heavy atom. The number of piperazine rings is 1. The Morgan fingerprint density at radius 1 is 1.07 bits per heavy atom. The standard InChI is InChI=1S/C23H39N5O.HI/c1-6-23(7-2,26-19(4)21-12-10-9-11-13-21)18-25-22(24-8-3)28-16-14-27(15-17-28)20(5)29;/h9-13,19,26H,6-8,14-18H2,1-5H3,(H,24,25);1H. The zero-order valence-corrected chi connectivity index (χ0v) is 21.6. The van der Waals surface area contributed by atoms with Crippen LogP contribution in [0.15, 0.2) is 35.3 Å². The van der Waals surface area contributed by atoms with Gasteiger partial charge in [-0.25, -0.2) is 0 Å². The summed E-state index contributed by atoms with van der Waals surface area (Å²) in [6.07, 6.45) is 2.03. The van der Waals surface area contributed by atoms with Crippen molar-refractivity contribution < 1.29 is 4.79 Å². The van der Waals surface area contributed by atoms with Crippen LogP contribution in [0.2, 0.25) is 0 Å². The first-order valence-electron chi connectivity index (χ1n) is 11.1. The van der Waals surface area contributed by atoms with Crippen LogP contribution in [-0.4, -0.2) is 66.5 Å². The highest BCUT2D eigenvalue weighted by molar-refractivity contribution is 14.0. The second kappa shape index (κ2) is 13.1. The summed E-state index contributed by atoms with van der Waals surface area (Å²) in [4.78, 5) is 20.8. The van der Waals surface area contributed by atoms with Crippen LogP contribution in [0.4, 0.5) is 0 Å². The van der Waals surface area contributed by atoms with Crippen molar-refractivity contribution in [1.82, 2.24) is 20.4 Å². The third-order valence-corrected chi connectivity index (χ3v) is 6.07. The largest absolute Gasteiger partial charge is 0.357 e.